The molecule has 1 aromatic rings. The molecule has 0 radical (unpaired) electrons. The molecule has 5 heteroatoms. The van der Waals surface area contributed by atoms with Crippen LogP contribution in [-0.4, -0.2) is 36.6 Å². The van der Waals surface area contributed by atoms with Gasteiger partial charge in [-0.15, -0.1) is 0 Å². The molecular formula is C18H28ClN3O. The summed E-state index contributed by atoms with van der Waals surface area (Å²) in [6, 6.07) is 7.71. The number of amides is 2. The summed E-state index contributed by atoms with van der Waals surface area (Å²) in [6.45, 7) is 9.73. The lowest BCUT2D eigenvalue weighted by molar-refractivity contribution is 0.177. The maximum atomic E-state index is 12.2. The Hall–Kier alpha value is -1.26. The highest BCUT2D eigenvalue weighted by atomic mass is 35.5. The van der Waals surface area contributed by atoms with Gasteiger partial charge in [0.1, 0.15) is 0 Å². The lowest BCUT2D eigenvalue weighted by Crippen LogP contribution is -2.48. The van der Waals surface area contributed by atoms with E-state index >= 15 is 0 Å². The van der Waals surface area contributed by atoms with E-state index in [1.54, 1.807) is 0 Å². The van der Waals surface area contributed by atoms with Gasteiger partial charge in [0.05, 0.1) is 6.04 Å². The molecule has 2 rings (SSSR count). The predicted octanol–water partition coefficient (Wildman–Crippen LogP) is 3.82. The summed E-state index contributed by atoms with van der Waals surface area (Å²) in [5, 5.41) is 6.78. The third-order valence-electron chi connectivity index (χ3n) is 4.24. The first kappa shape index (κ1) is 18.1. The van der Waals surface area contributed by atoms with Gasteiger partial charge in [-0.25, -0.2) is 4.79 Å². The van der Waals surface area contributed by atoms with Crippen molar-refractivity contribution in [3.8, 4) is 0 Å². The van der Waals surface area contributed by atoms with Crippen molar-refractivity contribution in [1.82, 2.24) is 15.5 Å². The highest BCUT2D eigenvalue weighted by molar-refractivity contribution is 6.30. The number of rotatable bonds is 5. The summed E-state index contributed by atoms with van der Waals surface area (Å²) >= 11 is 6.00. The molecular weight excluding hydrogens is 310 g/mol. The van der Waals surface area contributed by atoms with Crippen molar-refractivity contribution in [1.29, 1.82) is 0 Å². The summed E-state index contributed by atoms with van der Waals surface area (Å²) in [5.41, 5.74) is 1.01. The maximum Gasteiger partial charge on any atom is 0.315 e. The number of halogens is 1. The monoisotopic (exact) mass is 337 g/mol. The zero-order valence-corrected chi connectivity index (χ0v) is 15.1. The van der Waals surface area contributed by atoms with Crippen molar-refractivity contribution in [2.75, 3.05) is 19.6 Å². The molecule has 4 nitrogen and oxygen atoms in total. The van der Waals surface area contributed by atoms with Crippen LogP contribution in [0.2, 0.25) is 5.02 Å². The Morgan fingerprint density at radius 3 is 2.61 bits per heavy atom. The Morgan fingerprint density at radius 1 is 1.30 bits per heavy atom. The molecule has 0 aliphatic carbocycles. The smallest absolute Gasteiger partial charge is 0.315 e. The summed E-state index contributed by atoms with van der Waals surface area (Å²) in [6.07, 6.45) is 2.04. The Kier molecular flexibility index (Phi) is 6.72. The second-order valence-electron chi connectivity index (χ2n) is 6.86. The van der Waals surface area contributed by atoms with E-state index in [1.165, 1.54) is 0 Å². The van der Waals surface area contributed by atoms with Gasteiger partial charge in [0.25, 0.3) is 0 Å². The summed E-state index contributed by atoms with van der Waals surface area (Å²) in [7, 11) is 0. The van der Waals surface area contributed by atoms with Crippen LogP contribution in [0.5, 0.6) is 0 Å². The number of likely N-dealkylation sites (tertiary alicyclic amines) is 1. The summed E-state index contributed by atoms with van der Waals surface area (Å²) < 4.78 is 0. The molecule has 0 bridgehead atoms. The van der Waals surface area contributed by atoms with Gasteiger partial charge in [-0.2, -0.15) is 0 Å². The van der Waals surface area contributed by atoms with Gasteiger partial charge in [-0.05, 0) is 43.4 Å². The predicted molar refractivity (Wildman–Crippen MR) is 95.8 cm³/mol. The van der Waals surface area contributed by atoms with Crippen molar-refractivity contribution >= 4 is 17.6 Å². The molecule has 2 amide bonds. The van der Waals surface area contributed by atoms with E-state index in [4.69, 9.17) is 11.6 Å². The number of carbonyl (C=O) groups excluding carboxylic acids is 1. The number of benzene rings is 1. The van der Waals surface area contributed by atoms with E-state index in [1.807, 2.05) is 31.2 Å². The quantitative estimate of drug-likeness (QED) is 0.857. The van der Waals surface area contributed by atoms with Crippen LogP contribution in [0.15, 0.2) is 24.3 Å². The van der Waals surface area contributed by atoms with Crippen molar-refractivity contribution < 1.29 is 4.79 Å². The van der Waals surface area contributed by atoms with Crippen LogP contribution >= 0.6 is 11.6 Å². The highest BCUT2D eigenvalue weighted by Crippen LogP contribution is 2.17. The van der Waals surface area contributed by atoms with E-state index in [2.05, 4.69) is 29.4 Å². The third kappa shape index (κ3) is 6.04. The Bertz CT molecular complexity index is 513. The van der Waals surface area contributed by atoms with E-state index < -0.39 is 0 Å². The first-order valence-electron chi connectivity index (χ1n) is 8.49. The molecule has 0 saturated carbocycles. The van der Waals surface area contributed by atoms with Crippen LogP contribution in [-0.2, 0) is 0 Å². The van der Waals surface area contributed by atoms with Gasteiger partial charge in [0.2, 0.25) is 0 Å². The molecule has 1 aromatic carbocycles. The Morgan fingerprint density at radius 2 is 2.00 bits per heavy atom. The van der Waals surface area contributed by atoms with Gasteiger partial charge in [0.15, 0.2) is 0 Å². The second kappa shape index (κ2) is 8.55. The minimum absolute atomic E-state index is 0.0604. The minimum atomic E-state index is -0.0974. The summed E-state index contributed by atoms with van der Waals surface area (Å²) in [5.74, 6) is 0.696. The Balaban J connectivity index is 1.75. The van der Waals surface area contributed by atoms with Crippen molar-refractivity contribution in [3.05, 3.63) is 34.9 Å². The van der Waals surface area contributed by atoms with Gasteiger partial charge < -0.3 is 15.5 Å². The van der Waals surface area contributed by atoms with Gasteiger partial charge in [-0.1, -0.05) is 37.6 Å². The van der Waals surface area contributed by atoms with Crippen molar-refractivity contribution in [2.45, 2.75) is 45.7 Å². The number of nitrogens with one attached hydrogen (secondary N) is 2. The molecule has 128 valence electrons. The normalized spacial score (nSPS) is 18.0. The van der Waals surface area contributed by atoms with Crippen molar-refractivity contribution in [2.24, 2.45) is 5.92 Å². The SMILES string of the molecule is CC(C)CN1CCC(NC(=O)N[C@H](C)c2cccc(Cl)c2)CC1. The molecule has 1 heterocycles. The fraction of sp³-hybridized carbons (Fsp3) is 0.611. The molecule has 0 unspecified atom stereocenters. The second-order valence-corrected chi connectivity index (χ2v) is 7.30. The third-order valence-corrected chi connectivity index (χ3v) is 4.48. The average molecular weight is 338 g/mol. The van der Waals surface area contributed by atoms with Crippen LogP contribution in [0.1, 0.15) is 45.2 Å². The lowest BCUT2D eigenvalue weighted by atomic mass is 10.0. The molecule has 2 N–H and O–H groups in total. The minimum Gasteiger partial charge on any atom is -0.335 e. The van der Waals surface area contributed by atoms with Crippen LogP contribution in [0.4, 0.5) is 4.79 Å². The number of urea groups is 1. The molecule has 1 aliphatic heterocycles. The van der Waals surface area contributed by atoms with Crippen LogP contribution < -0.4 is 10.6 Å². The zero-order chi connectivity index (χ0) is 16.8. The molecule has 1 fully saturated rings. The van der Waals surface area contributed by atoms with Gasteiger partial charge in [0, 0.05) is 30.7 Å². The van der Waals surface area contributed by atoms with Crippen molar-refractivity contribution in [3.63, 3.8) is 0 Å². The standard InChI is InChI=1S/C18H28ClN3O/c1-13(2)12-22-9-7-17(8-10-22)21-18(23)20-14(3)15-5-4-6-16(19)11-15/h4-6,11,13-14,17H,7-10,12H2,1-3H3,(H2,20,21,23)/t14-/m1/s1. The fourth-order valence-corrected chi connectivity index (χ4v) is 3.26. The number of piperidine rings is 1. The molecule has 0 aromatic heterocycles. The van der Waals surface area contributed by atoms with Crippen LogP contribution in [0.3, 0.4) is 0 Å². The van der Waals surface area contributed by atoms with Gasteiger partial charge in [-0.3, -0.25) is 0 Å². The molecule has 0 spiro atoms. The highest BCUT2D eigenvalue weighted by Gasteiger charge is 2.21. The Labute approximate surface area is 144 Å². The lowest BCUT2D eigenvalue weighted by Gasteiger charge is -2.33. The molecule has 23 heavy (non-hydrogen) atoms. The van der Waals surface area contributed by atoms with Gasteiger partial charge >= 0.3 is 6.03 Å². The average Bonchev–Trinajstić information content (AvgIpc) is 2.48. The molecule has 1 aliphatic rings. The maximum absolute atomic E-state index is 12.2. The van der Waals surface area contributed by atoms with E-state index in [0.29, 0.717) is 10.9 Å². The number of hydrogen-bond donors (Lipinski definition) is 2. The molecule has 1 saturated heterocycles. The van der Waals surface area contributed by atoms with E-state index in [9.17, 15) is 4.79 Å². The molecule has 1 atom stereocenters. The topological polar surface area (TPSA) is 44.4 Å². The first-order chi connectivity index (χ1) is 10.9. The number of nitrogens with zero attached hydrogens (tertiary/aromatic N) is 1. The fourth-order valence-electron chi connectivity index (χ4n) is 3.06. The van der Waals surface area contributed by atoms with Crippen LogP contribution in [0.25, 0.3) is 0 Å². The van der Waals surface area contributed by atoms with Crippen LogP contribution in [0, 0.1) is 5.92 Å². The largest absolute Gasteiger partial charge is 0.335 e. The first-order valence-corrected chi connectivity index (χ1v) is 8.86. The summed E-state index contributed by atoms with van der Waals surface area (Å²) in [4.78, 5) is 14.7. The number of hydrogen-bond acceptors (Lipinski definition) is 2. The van der Waals surface area contributed by atoms with E-state index in [-0.39, 0.29) is 18.1 Å². The van der Waals surface area contributed by atoms with E-state index in [0.717, 1.165) is 38.0 Å². The number of carbonyl (C=O) groups is 1. The zero-order valence-electron chi connectivity index (χ0n) is 14.3.